The first-order valence-corrected chi connectivity index (χ1v) is 2.93. The average molecular weight is 162 g/mol. The van der Waals surface area contributed by atoms with Gasteiger partial charge in [0.2, 0.25) is 0 Å². The van der Waals surface area contributed by atoms with Gasteiger partial charge in [0.1, 0.15) is 0 Å². The number of H-pyrrole nitrogens is 1. The van der Waals surface area contributed by atoms with Crippen LogP contribution in [0.15, 0.2) is 18.3 Å². The second-order valence-corrected chi connectivity index (χ2v) is 1.97. The highest BCUT2D eigenvalue weighted by atomic mass is 35.5. The van der Waals surface area contributed by atoms with E-state index < -0.39 is 0 Å². The van der Waals surface area contributed by atoms with Gasteiger partial charge in [0.15, 0.2) is 0 Å². The van der Waals surface area contributed by atoms with Gasteiger partial charge in [0, 0.05) is 18.4 Å². The zero-order valence-electron chi connectivity index (χ0n) is 5.58. The molecule has 0 radical (unpaired) electrons. The van der Waals surface area contributed by atoms with Crippen molar-refractivity contribution in [3.8, 4) is 0 Å². The minimum absolute atomic E-state index is 0. The molecular formula is C6H12ClN3. The van der Waals surface area contributed by atoms with E-state index in [2.05, 4.69) is 4.98 Å². The van der Waals surface area contributed by atoms with Gasteiger partial charge in [-0.25, -0.2) is 0 Å². The molecule has 0 saturated carbocycles. The van der Waals surface area contributed by atoms with Crippen molar-refractivity contribution in [2.45, 2.75) is 6.04 Å². The summed E-state index contributed by atoms with van der Waals surface area (Å²) < 4.78 is 0. The lowest BCUT2D eigenvalue weighted by Crippen LogP contribution is -2.20. The molecule has 1 rings (SSSR count). The zero-order valence-corrected chi connectivity index (χ0v) is 6.40. The van der Waals surface area contributed by atoms with Gasteiger partial charge in [-0.1, -0.05) is 0 Å². The minimum Gasteiger partial charge on any atom is -0.364 e. The van der Waals surface area contributed by atoms with Crippen molar-refractivity contribution in [3.63, 3.8) is 0 Å². The summed E-state index contributed by atoms with van der Waals surface area (Å²) in [6, 6.07) is 3.79. The molecule has 5 N–H and O–H groups in total. The molecule has 1 atom stereocenters. The first kappa shape index (κ1) is 9.49. The number of nitrogens with two attached hydrogens (primary N) is 2. The Morgan fingerprint density at radius 1 is 1.60 bits per heavy atom. The lowest BCUT2D eigenvalue weighted by atomic mass is 10.2. The fraction of sp³-hybridized carbons (Fsp3) is 0.333. The summed E-state index contributed by atoms with van der Waals surface area (Å²) in [5, 5.41) is 0. The molecular weight excluding hydrogens is 150 g/mol. The van der Waals surface area contributed by atoms with E-state index in [1.54, 1.807) is 0 Å². The number of hydrogen-bond donors (Lipinski definition) is 3. The molecule has 1 aromatic rings. The van der Waals surface area contributed by atoms with Gasteiger partial charge < -0.3 is 16.5 Å². The Hall–Kier alpha value is -0.510. The van der Waals surface area contributed by atoms with Crippen LogP contribution in [0.3, 0.4) is 0 Å². The fourth-order valence-corrected chi connectivity index (χ4v) is 0.702. The fourth-order valence-electron chi connectivity index (χ4n) is 0.702. The molecule has 1 aromatic heterocycles. The maximum atomic E-state index is 5.58. The Balaban J connectivity index is 0.000000810. The minimum atomic E-state index is -0.0417. The molecule has 58 valence electrons. The molecule has 0 saturated heterocycles. The van der Waals surface area contributed by atoms with Crippen LogP contribution in [-0.4, -0.2) is 11.5 Å². The van der Waals surface area contributed by atoms with Crippen molar-refractivity contribution in [2.75, 3.05) is 6.54 Å². The van der Waals surface area contributed by atoms with Gasteiger partial charge in [0.25, 0.3) is 0 Å². The largest absolute Gasteiger partial charge is 0.364 e. The summed E-state index contributed by atoms with van der Waals surface area (Å²) in [6.07, 6.45) is 1.84. The van der Waals surface area contributed by atoms with Crippen molar-refractivity contribution < 1.29 is 0 Å². The quantitative estimate of drug-likeness (QED) is 0.588. The van der Waals surface area contributed by atoms with E-state index in [1.165, 1.54) is 0 Å². The summed E-state index contributed by atoms with van der Waals surface area (Å²) in [4.78, 5) is 2.98. The number of nitrogens with one attached hydrogen (secondary N) is 1. The molecule has 0 unspecified atom stereocenters. The number of aromatic nitrogens is 1. The number of rotatable bonds is 2. The van der Waals surface area contributed by atoms with Crippen LogP contribution in [0.25, 0.3) is 0 Å². The SMILES string of the molecule is Cl.NC[C@H](N)c1ccc[nH]1. The van der Waals surface area contributed by atoms with Crippen LogP contribution in [0.4, 0.5) is 0 Å². The van der Waals surface area contributed by atoms with E-state index in [0.717, 1.165) is 5.69 Å². The highest BCUT2D eigenvalue weighted by Crippen LogP contribution is 2.03. The molecule has 0 aliphatic heterocycles. The van der Waals surface area contributed by atoms with Gasteiger partial charge in [-0.05, 0) is 12.1 Å². The van der Waals surface area contributed by atoms with E-state index >= 15 is 0 Å². The van der Waals surface area contributed by atoms with Gasteiger partial charge in [-0.2, -0.15) is 0 Å². The van der Waals surface area contributed by atoms with Crippen LogP contribution in [0, 0.1) is 0 Å². The summed E-state index contributed by atoms with van der Waals surface area (Å²) in [5.74, 6) is 0. The van der Waals surface area contributed by atoms with E-state index in [0.29, 0.717) is 6.54 Å². The molecule has 4 heteroatoms. The lowest BCUT2D eigenvalue weighted by Gasteiger charge is -2.03. The average Bonchev–Trinajstić information content (AvgIpc) is 2.37. The summed E-state index contributed by atoms with van der Waals surface area (Å²) >= 11 is 0. The van der Waals surface area contributed by atoms with Crippen LogP contribution >= 0.6 is 12.4 Å². The monoisotopic (exact) mass is 161 g/mol. The van der Waals surface area contributed by atoms with Crippen molar-refractivity contribution in [3.05, 3.63) is 24.0 Å². The van der Waals surface area contributed by atoms with Crippen LogP contribution in [0.1, 0.15) is 11.7 Å². The van der Waals surface area contributed by atoms with Crippen molar-refractivity contribution in [1.82, 2.24) is 4.98 Å². The highest BCUT2D eigenvalue weighted by Gasteiger charge is 2.00. The summed E-state index contributed by atoms with van der Waals surface area (Å²) in [5.41, 5.74) is 11.9. The molecule has 0 bridgehead atoms. The Kier molecular flexibility index (Phi) is 4.11. The van der Waals surface area contributed by atoms with Crippen LogP contribution < -0.4 is 11.5 Å². The van der Waals surface area contributed by atoms with E-state index in [-0.39, 0.29) is 18.4 Å². The van der Waals surface area contributed by atoms with Crippen LogP contribution in [0.5, 0.6) is 0 Å². The molecule has 0 aliphatic carbocycles. The Morgan fingerprint density at radius 2 is 2.30 bits per heavy atom. The summed E-state index contributed by atoms with van der Waals surface area (Å²) in [6.45, 7) is 0.487. The molecule has 0 amide bonds. The Labute approximate surface area is 66.2 Å². The third kappa shape index (κ3) is 2.02. The van der Waals surface area contributed by atoms with Crippen molar-refractivity contribution >= 4 is 12.4 Å². The van der Waals surface area contributed by atoms with E-state index in [4.69, 9.17) is 11.5 Å². The van der Waals surface area contributed by atoms with Gasteiger partial charge in [-0.15, -0.1) is 12.4 Å². The third-order valence-corrected chi connectivity index (χ3v) is 1.28. The molecule has 0 aliphatic rings. The predicted molar refractivity (Wildman–Crippen MR) is 44.0 cm³/mol. The summed E-state index contributed by atoms with van der Waals surface area (Å²) in [7, 11) is 0. The number of halogens is 1. The van der Waals surface area contributed by atoms with Gasteiger partial charge >= 0.3 is 0 Å². The first-order chi connectivity index (χ1) is 4.34. The molecule has 0 fully saturated rings. The normalized spacial score (nSPS) is 12.2. The highest BCUT2D eigenvalue weighted by molar-refractivity contribution is 5.85. The van der Waals surface area contributed by atoms with E-state index in [1.807, 2.05) is 18.3 Å². The molecule has 3 nitrogen and oxygen atoms in total. The first-order valence-electron chi connectivity index (χ1n) is 2.93. The molecule has 1 heterocycles. The molecule has 0 spiro atoms. The topological polar surface area (TPSA) is 67.8 Å². The van der Waals surface area contributed by atoms with Gasteiger partial charge in [-0.3, -0.25) is 0 Å². The molecule has 0 aromatic carbocycles. The van der Waals surface area contributed by atoms with E-state index in [9.17, 15) is 0 Å². The second-order valence-electron chi connectivity index (χ2n) is 1.97. The lowest BCUT2D eigenvalue weighted by molar-refractivity contribution is 0.716. The maximum absolute atomic E-state index is 5.58. The standard InChI is InChI=1S/C6H11N3.ClH/c7-4-5(8)6-2-1-3-9-6;/h1-3,5,9H,4,7-8H2;1H/t5-;/m0./s1. The second kappa shape index (κ2) is 4.33. The maximum Gasteiger partial charge on any atom is 0.0572 e. The number of hydrogen-bond acceptors (Lipinski definition) is 2. The van der Waals surface area contributed by atoms with Crippen LogP contribution in [-0.2, 0) is 0 Å². The Bertz CT molecular complexity index is 162. The third-order valence-electron chi connectivity index (χ3n) is 1.28. The zero-order chi connectivity index (χ0) is 6.69. The number of aromatic amines is 1. The predicted octanol–water partition coefficient (Wildman–Crippen LogP) is 0.395. The van der Waals surface area contributed by atoms with Gasteiger partial charge in [0.05, 0.1) is 6.04 Å². The van der Waals surface area contributed by atoms with Crippen LogP contribution in [0.2, 0.25) is 0 Å². The van der Waals surface area contributed by atoms with Crippen molar-refractivity contribution in [1.29, 1.82) is 0 Å². The smallest absolute Gasteiger partial charge is 0.0572 e. The Morgan fingerprint density at radius 3 is 2.70 bits per heavy atom. The van der Waals surface area contributed by atoms with Crippen molar-refractivity contribution in [2.24, 2.45) is 11.5 Å². The molecule has 10 heavy (non-hydrogen) atoms.